The van der Waals surface area contributed by atoms with Crippen LogP contribution in [0.5, 0.6) is 0 Å². The molecule has 0 spiro atoms. The van der Waals surface area contributed by atoms with Gasteiger partial charge in [-0.25, -0.2) is 13.6 Å². The van der Waals surface area contributed by atoms with Gasteiger partial charge in [0.2, 0.25) is 15.9 Å². The summed E-state index contributed by atoms with van der Waals surface area (Å²) in [5.41, 5.74) is 2.30. The van der Waals surface area contributed by atoms with Crippen molar-refractivity contribution < 1.29 is 13.2 Å². The smallest absolute Gasteiger partial charge is 0.238 e. The number of hydrogen-bond donors (Lipinski definition) is 3. The molecule has 0 radical (unpaired) electrons. The molecule has 8 heteroatoms. The largest absolute Gasteiger partial charge is 0.308 e. The highest BCUT2D eigenvalue weighted by Crippen LogP contribution is 2.32. The molecule has 4 N–H and O–H groups in total. The second-order valence-corrected chi connectivity index (χ2v) is 7.73. The average Bonchev–Trinajstić information content (AvgIpc) is 3.37. The zero-order valence-corrected chi connectivity index (χ0v) is 14.0. The fourth-order valence-electron chi connectivity index (χ4n) is 2.71. The minimum atomic E-state index is -3.76. The summed E-state index contributed by atoms with van der Waals surface area (Å²) < 4.78 is 23.0. The maximum atomic E-state index is 11.9. The summed E-state index contributed by atoms with van der Waals surface area (Å²) in [5.74, 6) is 0.613. The Morgan fingerprint density at radius 3 is 2.64 bits per heavy atom. The first-order valence-corrected chi connectivity index (χ1v) is 9.39. The Balaban J connectivity index is 1.69. The number of carbonyl (C=O) groups is 1. The molecule has 1 heterocycles. The zero-order valence-electron chi connectivity index (χ0n) is 13.2. The number of hydrogen-bond acceptors (Lipinski definition) is 4. The average molecular weight is 356 g/mol. The first kappa shape index (κ1) is 15.8. The predicted octanol–water partition coefficient (Wildman–Crippen LogP) is 2.23. The quantitative estimate of drug-likeness (QED) is 0.664. The molecule has 1 saturated carbocycles. The van der Waals surface area contributed by atoms with Gasteiger partial charge >= 0.3 is 0 Å². The highest BCUT2D eigenvalue weighted by Gasteiger charge is 2.30. The van der Waals surface area contributed by atoms with Crippen LogP contribution >= 0.6 is 0 Å². The summed E-state index contributed by atoms with van der Waals surface area (Å²) >= 11 is 0. The minimum Gasteiger partial charge on any atom is -0.308 e. The Morgan fingerprint density at radius 2 is 1.92 bits per heavy atom. The number of H-pyrrole nitrogens is 1. The van der Waals surface area contributed by atoms with E-state index < -0.39 is 10.0 Å². The molecule has 1 aliphatic rings. The van der Waals surface area contributed by atoms with Crippen molar-refractivity contribution in [1.82, 2.24) is 10.2 Å². The van der Waals surface area contributed by atoms with E-state index in [2.05, 4.69) is 15.5 Å². The standard InChI is InChI=1S/C17H16N4O3S/c18-25(23,24)13-3-1-2-11(8-13)12-6-7-14-15(9-12)20-21-16(14)19-17(22)10-4-5-10/h1-3,6-10H,4-5H2,(H2,18,23,24)(H2,19,20,21,22). The molecule has 1 amide bonds. The van der Waals surface area contributed by atoms with Crippen LogP contribution < -0.4 is 10.5 Å². The van der Waals surface area contributed by atoms with E-state index in [0.29, 0.717) is 5.82 Å². The molecule has 7 nitrogen and oxygen atoms in total. The molecule has 3 aromatic rings. The van der Waals surface area contributed by atoms with E-state index in [0.717, 1.165) is 34.9 Å². The molecular formula is C17H16N4O3S. The van der Waals surface area contributed by atoms with E-state index in [-0.39, 0.29) is 16.7 Å². The zero-order chi connectivity index (χ0) is 17.6. The van der Waals surface area contributed by atoms with Gasteiger partial charge in [0.25, 0.3) is 0 Å². The normalized spacial score (nSPS) is 14.6. The van der Waals surface area contributed by atoms with Crippen LogP contribution in [0.3, 0.4) is 0 Å². The molecule has 4 rings (SSSR count). The van der Waals surface area contributed by atoms with Crippen molar-refractivity contribution in [2.75, 3.05) is 5.32 Å². The summed E-state index contributed by atoms with van der Waals surface area (Å²) in [6.07, 6.45) is 1.86. The third-order valence-corrected chi connectivity index (χ3v) is 5.16. The third kappa shape index (κ3) is 3.13. The fraction of sp³-hybridized carbons (Fsp3) is 0.176. The lowest BCUT2D eigenvalue weighted by Gasteiger charge is -2.05. The number of nitrogens with one attached hydrogen (secondary N) is 2. The number of fused-ring (bicyclic) bond motifs is 1. The van der Waals surface area contributed by atoms with Crippen LogP contribution in [0.2, 0.25) is 0 Å². The Kier molecular flexibility index (Phi) is 3.59. The number of aromatic nitrogens is 2. The van der Waals surface area contributed by atoms with Gasteiger partial charge in [0.15, 0.2) is 5.82 Å². The molecule has 128 valence electrons. The van der Waals surface area contributed by atoms with Crippen molar-refractivity contribution in [1.29, 1.82) is 0 Å². The Hall–Kier alpha value is -2.71. The van der Waals surface area contributed by atoms with Crippen LogP contribution in [0.4, 0.5) is 5.82 Å². The minimum absolute atomic E-state index is 0.00155. The van der Waals surface area contributed by atoms with Crippen molar-refractivity contribution in [3.8, 4) is 11.1 Å². The Morgan fingerprint density at radius 1 is 1.16 bits per heavy atom. The number of primary sulfonamides is 1. The number of benzene rings is 2. The van der Waals surface area contributed by atoms with Crippen LogP contribution in [0, 0.1) is 5.92 Å². The number of carbonyl (C=O) groups excluding carboxylic acids is 1. The van der Waals surface area contributed by atoms with Crippen molar-refractivity contribution >= 4 is 32.7 Å². The van der Waals surface area contributed by atoms with E-state index in [1.54, 1.807) is 6.07 Å². The predicted molar refractivity (Wildman–Crippen MR) is 94.3 cm³/mol. The Labute approximate surface area is 144 Å². The summed E-state index contributed by atoms with van der Waals surface area (Å²) in [6.45, 7) is 0. The van der Waals surface area contributed by atoms with E-state index >= 15 is 0 Å². The molecule has 0 aliphatic heterocycles. The topological polar surface area (TPSA) is 118 Å². The van der Waals surface area contributed by atoms with Crippen LogP contribution in [-0.2, 0) is 14.8 Å². The monoisotopic (exact) mass is 356 g/mol. The van der Waals surface area contributed by atoms with Gasteiger partial charge < -0.3 is 5.32 Å². The molecule has 2 aromatic carbocycles. The number of anilines is 1. The van der Waals surface area contributed by atoms with Crippen molar-refractivity contribution in [2.45, 2.75) is 17.7 Å². The number of sulfonamides is 1. The van der Waals surface area contributed by atoms with E-state index in [9.17, 15) is 13.2 Å². The Bertz CT molecular complexity index is 1080. The summed E-state index contributed by atoms with van der Waals surface area (Å²) in [5, 5.41) is 15.9. The van der Waals surface area contributed by atoms with E-state index in [1.165, 1.54) is 12.1 Å². The maximum Gasteiger partial charge on any atom is 0.238 e. The number of nitrogens with two attached hydrogens (primary N) is 1. The molecule has 1 fully saturated rings. The van der Waals surface area contributed by atoms with Crippen LogP contribution in [-0.4, -0.2) is 24.5 Å². The fourth-order valence-corrected chi connectivity index (χ4v) is 3.27. The van der Waals surface area contributed by atoms with Crippen LogP contribution in [0.25, 0.3) is 22.0 Å². The number of aromatic amines is 1. The highest BCUT2D eigenvalue weighted by molar-refractivity contribution is 7.89. The van der Waals surface area contributed by atoms with Crippen LogP contribution in [0.15, 0.2) is 47.4 Å². The third-order valence-electron chi connectivity index (χ3n) is 4.25. The highest BCUT2D eigenvalue weighted by atomic mass is 32.2. The summed E-state index contributed by atoms with van der Waals surface area (Å²) in [4.78, 5) is 12.0. The van der Waals surface area contributed by atoms with Crippen LogP contribution in [0.1, 0.15) is 12.8 Å². The SMILES string of the molecule is NS(=O)(=O)c1cccc(-c2ccc3c(NC(=O)C4CC4)n[nH]c3c2)c1. The van der Waals surface area contributed by atoms with Gasteiger partial charge in [0.1, 0.15) is 0 Å². The second kappa shape index (κ2) is 5.68. The molecular weight excluding hydrogens is 340 g/mol. The van der Waals surface area contributed by atoms with Gasteiger partial charge in [-0.15, -0.1) is 0 Å². The van der Waals surface area contributed by atoms with Crippen molar-refractivity contribution in [2.24, 2.45) is 11.1 Å². The summed E-state index contributed by atoms with van der Waals surface area (Å²) in [7, 11) is -3.76. The number of nitrogens with zero attached hydrogens (tertiary/aromatic N) is 1. The van der Waals surface area contributed by atoms with Gasteiger partial charge in [0, 0.05) is 11.3 Å². The lowest BCUT2D eigenvalue weighted by atomic mass is 10.0. The van der Waals surface area contributed by atoms with Gasteiger partial charge in [-0.05, 0) is 48.2 Å². The molecule has 25 heavy (non-hydrogen) atoms. The number of amides is 1. The van der Waals surface area contributed by atoms with Gasteiger partial charge in [-0.1, -0.05) is 18.2 Å². The number of rotatable bonds is 4. The van der Waals surface area contributed by atoms with Crippen molar-refractivity contribution in [3.05, 3.63) is 42.5 Å². The molecule has 0 unspecified atom stereocenters. The lowest BCUT2D eigenvalue weighted by Crippen LogP contribution is -2.13. The molecule has 1 aromatic heterocycles. The van der Waals surface area contributed by atoms with Crippen molar-refractivity contribution in [3.63, 3.8) is 0 Å². The van der Waals surface area contributed by atoms with E-state index in [1.807, 2.05) is 24.3 Å². The van der Waals surface area contributed by atoms with Gasteiger partial charge in [-0.2, -0.15) is 5.10 Å². The second-order valence-electron chi connectivity index (χ2n) is 6.17. The maximum absolute atomic E-state index is 11.9. The first-order chi connectivity index (χ1) is 11.9. The molecule has 0 atom stereocenters. The van der Waals surface area contributed by atoms with E-state index in [4.69, 9.17) is 5.14 Å². The van der Waals surface area contributed by atoms with Gasteiger partial charge in [0.05, 0.1) is 10.4 Å². The molecule has 1 aliphatic carbocycles. The lowest BCUT2D eigenvalue weighted by molar-refractivity contribution is -0.117. The molecule has 0 bridgehead atoms. The van der Waals surface area contributed by atoms with Gasteiger partial charge in [-0.3, -0.25) is 9.89 Å². The molecule has 0 saturated heterocycles. The summed E-state index contributed by atoms with van der Waals surface area (Å²) in [6, 6.07) is 12.0. The first-order valence-electron chi connectivity index (χ1n) is 7.84.